The summed E-state index contributed by atoms with van der Waals surface area (Å²) in [4.78, 5) is 34.9. The third-order valence-corrected chi connectivity index (χ3v) is 2.57. The first kappa shape index (κ1) is 12.0. The van der Waals surface area contributed by atoms with Crippen molar-refractivity contribution in [3.05, 3.63) is 50.6 Å². The van der Waals surface area contributed by atoms with Crippen molar-refractivity contribution in [2.24, 2.45) is 7.05 Å². The van der Waals surface area contributed by atoms with Crippen LogP contribution in [0.3, 0.4) is 0 Å². The monoisotopic (exact) mass is 249 g/mol. The summed E-state index contributed by atoms with van der Waals surface area (Å²) in [5.74, 6) is -0.380. The molecule has 0 aliphatic carbocycles. The van der Waals surface area contributed by atoms with Crippen LogP contribution in [0.4, 0.5) is 0 Å². The van der Waals surface area contributed by atoms with Crippen LogP contribution in [0.5, 0.6) is 0 Å². The van der Waals surface area contributed by atoms with Crippen LogP contribution in [0, 0.1) is 0 Å². The lowest BCUT2D eigenvalue weighted by Gasteiger charge is -2.07. The molecule has 0 aromatic carbocycles. The van der Waals surface area contributed by atoms with E-state index in [9.17, 15) is 14.4 Å². The highest BCUT2D eigenvalue weighted by molar-refractivity contribution is 5.93. The van der Waals surface area contributed by atoms with Crippen molar-refractivity contribution in [3.8, 4) is 0 Å². The topological polar surface area (TPSA) is 87.1 Å². The molecular formula is C11H11N3O4. The zero-order valence-electron chi connectivity index (χ0n) is 9.91. The van der Waals surface area contributed by atoms with Crippen molar-refractivity contribution >= 4 is 5.78 Å². The molecule has 0 N–H and O–H groups in total. The van der Waals surface area contributed by atoms with Gasteiger partial charge < -0.3 is 4.52 Å². The number of hydrogen-bond donors (Lipinski definition) is 0. The number of aromatic nitrogens is 3. The molecule has 7 heteroatoms. The first-order valence-electron chi connectivity index (χ1n) is 5.20. The quantitative estimate of drug-likeness (QED) is 0.702. The maximum Gasteiger partial charge on any atom is 0.331 e. The van der Waals surface area contributed by atoms with E-state index < -0.39 is 11.2 Å². The van der Waals surface area contributed by atoms with Gasteiger partial charge in [0.1, 0.15) is 6.26 Å². The fourth-order valence-electron chi connectivity index (χ4n) is 1.58. The van der Waals surface area contributed by atoms with Gasteiger partial charge in [0.2, 0.25) is 0 Å². The van der Waals surface area contributed by atoms with Crippen molar-refractivity contribution in [1.29, 1.82) is 0 Å². The zero-order chi connectivity index (χ0) is 13.3. The van der Waals surface area contributed by atoms with Crippen LogP contribution in [0.1, 0.15) is 22.8 Å². The zero-order valence-corrected chi connectivity index (χ0v) is 9.91. The number of nitrogens with zero attached hydrogens (tertiary/aromatic N) is 3. The predicted octanol–water partition coefficient (Wildman–Crippen LogP) is -0.214. The summed E-state index contributed by atoms with van der Waals surface area (Å²) < 4.78 is 6.83. The molecule has 2 heterocycles. The van der Waals surface area contributed by atoms with Crippen molar-refractivity contribution in [2.75, 3.05) is 0 Å². The minimum atomic E-state index is -0.589. The molecule has 0 fully saturated rings. The average Bonchev–Trinajstić information content (AvgIpc) is 2.82. The van der Waals surface area contributed by atoms with Gasteiger partial charge in [-0.25, -0.2) is 4.79 Å². The van der Waals surface area contributed by atoms with E-state index >= 15 is 0 Å². The Labute approximate surface area is 101 Å². The Bertz CT molecular complexity index is 694. The standard InChI is InChI=1S/C11H11N3O4/c1-7(15)9-5-14(4-8-3-12-18-6-8)11(17)13(2)10(9)16/h3,5-6H,4H2,1-2H3. The molecule has 0 atom stereocenters. The Kier molecular flexibility index (Phi) is 2.97. The molecule has 0 spiro atoms. The average molecular weight is 249 g/mol. The van der Waals surface area contributed by atoms with Gasteiger partial charge in [0.15, 0.2) is 5.78 Å². The fourth-order valence-corrected chi connectivity index (χ4v) is 1.58. The second kappa shape index (κ2) is 4.44. The Morgan fingerprint density at radius 1 is 1.44 bits per heavy atom. The van der Waals surface area contributed by atoms with E-state index in [0.717, 1.165) is 4.57 Å². The third kappa shape index (κ3) is 2.02. The predicted molar refractivity (Wildman–Crippen MR) is 61.6 cm³/mol. The van der Waals surface area contributed by atoms with Crippen LogP contribution in [0.25, 0.3) is 0 Å². The summed E-state index contributed by atoms with van der Waals surface area (Å²) in [7, 11) is 1.33. The van der Waals surface area contributed by atoms with E-state index in [4.69, 9.17) is 0 Å². The Morgan fingerprint density at radius 3 is 2.72 bits per heavy atom. The van der Waals surface area contributed by atoms with E-state index in [2.05, 4.69) is 9.68 Å². The van der Waals surface area contributed by atoms with Crippen LogP contribution >= 0.6 is 0 Å². The van der Waals surface area contributed by atoms with Crippen molar-refractivity contribution < 1.29 is 9.32 Å². The minimum absolute atomic E-state index is 0.0199. The van der Waals surface area contributed by atoms with Crippen LogP contribution in [-0.4, -0.2) is 20.1 Å². The first-order chi connectivity index (χ1) is 8.50. The van der Waals surface area contributed by atoms with E-state index in [0.29, 0.717) is 5.56 Å². The summed E-state index contributed by atoms with van der Waals surface area (Å²) >= 11 is 0. The lowest BCUT2D eigenvalue weighted by molar-refractivity contribution is 0.101. The molecule has 2 rings (SSSR count). The van der Waals surface area contributed by atoms with E-state index in [1.165, 1.54) is 37.2 Å². The molecule has 0 amide bonds. The summed E-state index contributed by atoms with van der Waals surface area (Å²) in [5, 5.41) is 3.52. The van der Waals surface area contributed by atoms with Gasteiger partial charge in [-0.15, -0.1) is 0 Å². The molecule has 0 radical (unpaired) electrons. The van der Waals surface area contributed by atoms with Crippen LogP contribution in [0.15, 0.2) is 32.8 Å². The molecule has 0 unspecified atom stereocenters. The maximum absolute atomic E-state index is 11.9. The number of carbonyl (C=O) groups is 1. The van der Waals surface area contributed by atoms with Gasteiger partial charge >= 0.3 is 5.69 Å². The number of rotatable bonds is 3. The van der Waals surface area contributed by atoms with E-state index in [1.54, 1.807) is 0 Å². The largest absolute Gasteiger partial charge is 0.364 e. The molecule has 0 saturated carbocycles. The van der Waals surface area contributed by atoms with Gasteiger partial charge in [0.05, 0.1) is 18.3 Å². The summed E-state index contributed by atoms with van der Waals surface area (Å²) in [6.45, 7) is 1.47. The van der Waals surface area contributed by atoms with E-state index in [1.807, 2.05) is 0 Å². The second-order valence-electron chi connectivity index (χ2n) is 3.91. The highest BCUT2D eigenvalue weighted by Crippen LogP contribution is 1.99. The summed E-state index contributed by atoms with van der Waals surface area (Å²) in [6.07, 6.45) is 4.12. The Hall–Kier alpha value is -2.44. The van der Waals surface area contributed by atoms with Crippen LogP contribution in [0.2, 0.25) is 0 Å². The molecule has 0 bridgehead atoms. The van der Waals surface area contributed by atoms with Gasteiger partial charge in [0.25, 0.3) is 5.56 Å². The van der Waals surface area contributed by atoms with Gasteiger partial charge in [0, 0.05) is 18.8 Å². The van der Waals surface area contributed by atoms with Crippen LogP contribution < -0.4 is 11.2 Å². The highest BCUT2D eigenvalue weighted by atomic mass is 16.5. The lowest BCUT2D eigenvalue weighted by atomic mass is 10.2. The smallest absolute Gasteiger partial charge is 0.331 e. The van der Waals surface area contributed by atoms with Gasteiger partial charge in [-0.1, -0.05) is 5.16 Å². The molecule has 7 nitrogen and oxygen atoms in total. The number of ketones is 1. The maximum atomic E-state index is 11.9. The number of carbonyl (C=O) groups excluding carboxylic acids is 1. The SMILES string of the molecule is CC(=O)c1cn(Cc2cnoc2)c(=O)n(C)c1=O. The highest BCUT2D eigenvalue weighted by Gasteiger charge is 2.12. The Balaban J connectivity index is 2.58. The molecule has 18 heavy (non-hydrogen) atoms. The molecule has 2 aromatic heterocycles. The van der Waals surface area contributed by atoms with Crippen molar-refractivity contribution in [3.63, 3.8) is 0 Å². The van der Waals surface area contributed by atoms with Crippen molar-refractivity contribution in [1.82, 2.24) is 14.3 Å². The number of hydrogen-bond acceptors (Lipinski definition) is 5. The second-order valence-corrected chi connectivity index (χ2v) is 3.91. The minimum Gasteiger partial charge on any atom is -0.364 e. The normalized spacial score (nSPS) is 10.6. The molecule has 0 saturated heterocycles. The summed E-state index contributed by atoms with van der Waals surface area (Å²) in [6, 6.07) is 0. The first-order valence-corrected chi connectivity index (χ1v) is 5.20. The lowest BCUT2D eigenvalue weighted by Crippen LogP contribution is -2.40. The van der Waals surface area contributed by atoms with Crippen molar-refractivity contribution in [2.45, 2.75) is 13.5 Å². The Morgan fingerprint density at radius 2 is 2.17 bits per heavy atom. The molecule has 0 aliphatic heterocycles. The molecule has 0 aliphatic rings. The van der Waals surface area contributed by atoms with Gasteiger partial charge in [-0.3, -0.25) is 18.7 Å². The summed E-state index contributed by atoms with van der Waals surface area (Å²) in [5.41, 5.74) is -0.431. The van der Waals surface area contributed by atoms with Gasteiger partial charge in [-0.2, -0.15) is 0 Å². The molecule has 94 valence electrons. The van der Waals surface area contributed by atoms with E-state index in [-0.39, 0.29) is 17.9 Å². The number of Topliss-reactive ketones (excluding diaryl/α,β-unsaturated/α-hetero) is 1. The molecular weight excluding hydrogens is 238 g/mol. The third-order valence-electron chi connectivity index (χ3n) is 2.57. The van der Waals surface area contributed by atoms with Crippen LogP contribution in [-0.2, 0) is 13.6 Å². The fraction of sp³-hybridized carbons (Fsp3) is 0.273. The van der Waals surface area contributed by atoms with Gasteiger partial charge in [-0.05, 0) is 6.92 Å². The molecule has 2 aromatic rings.